The summed E-state index contributed by atoms with van der Waals surface area (Å²) >= 11 is 0. The smallest absolute Gasteiger partial charge is 0.306 e. The Morgan fingerprint density at radius 1 is 0.962 bits per heavy atom. The van der Waals surface area contributed by atoms with Crippen LogP contribution in [0.25, 0.3) is 11.1 Å². The van der Waals surface area contributed by atoms with Gasteiger partial charge in [-0.25, -0.2) is 0 Å². The average molecular weight is 349 g/mol. The highest BCUT2D eigenvalue weighted by atomic mass is 16.4. The number of carboxylic acids is 1. The fourth-order valence-electron chi connectivity index (χ4n) is 2.34. The first kappa shape index (κ1) is 19.2. The Hall–Kier alpha value is -3.14. The fraction of sp³-hybridized carbons (Fsp3) is 0.182. The van der Waals surface area contributed by atoms with Crippen molar-refractivity contribution in [3.05, 3.63) is 84.7 Å². The van der Waals surface area contributed by atoms with E-state index in [1.807, 2.05) is 54.6 Å². The lowest BCUT2D eigenvalue weighted by atomic mass is 10.0. The lowest BCUT2D eigenvalue weighted by Gasteiger charge is -2.05. The fourth-order valence-corrected chi connectivity index (χ4v) is 2.34. The molecule has 4 heteroatoms. The average Bonchev–Trinajstić information content (AvgIpc) is 2.68. The van der Waals surface area contributed by atoms with Gasteiger partial charge >= 0.3 is 5.97 Å². The number of phenolic OH excluding ortho intramolecular Hbond substituents is 1. The van der Waals surface area contributed by atoms with E-state index in [-0.39, 0.29) is 11.7 Å². The van der Waals surface area contributed by atoms with Crippen molar-refractivity contribution < 1.29 is 15.0 Å². The number of pyridine rings is 1. The number of benzene rings is 2. The van der Waals surface area contributed by atoms with Crippen molar-refractivity contribution >= 4 is 5.97 Å². The Bertz CT molecular complexity index is 787. The Labute approximate surface area is 153 Å². The van der Waals surface area contributed by atoms with Crippen LogP contribution in [0.2, 0.25) is 0 Å². The van der Waals surface area contributed by atoms with Crippen LogP contribution in [0.1, 0.15) is 18.9 Å². The normalized spacial score (nSPS) is 11.1. The maximum atomic E-state index is 10.5. The van der Waals surface area contributed by atoms with Gasteiger partial charge in [-0.15, -0.1) is 0 Å². The first-order valence-corrected chi connectivity index (χ1v) is 8.52. The molecule has 2 aromatic carbocycles. The number of carbonyl (C=O) groups is 1. The Balaban J connectivity index is 0.000000187. The van der Waals surface area contributed by atoms with Crippen molar-refractivity contribution in [2.24, 2.45) is 5.92 Å². The lowest BCUT2D eigenvalue weighted by Crippen LogP contribution is -2.10. The molecule has 0 fully saturated rings. The molecule has 2 N–H and O–H groups in total. The van der Waals surface area contributed by atoms with Gasteiger partial charge in [0.25, 0.3) is 0 Å². The summed E-state index contributed by atoms with van der Waals surface area (Å²) in [6.45, 7) is 1.74. The number of aromatic nitrogens is 1. The predicted molar refractivity (Wildman–Crippen MR) is 103 cm³/mol. The summed E-state index contributed by atoms with van der Waals surface area (Å²) in [5, 5.41) is 17.7. The Kier molecular flexibility index (Phi) is 7.37. The van der Waals surface area contributed by atoms with Crippen LogP contribution in [0, 0.1) is 5.92 Å². The van der Waals surface area contributed by atoms with Gasteiger partial charge in [-0.05, 0) is 47.7 Å². The van der Waals surface area contributed by atoms with Crippen molar-refractivity contribution in [2.45, 2.75) is 19.8 Å². The molecule has 0 saturated carbocycles. The second kappa shape index (κ2) is 9.99. The van der Waals surface area contributed by atoms with Crippen molar-refractivity contribution in [1.29, 1.82) is 0 Å². The van der Waals surface area contributed by atoms with Crippen LogP contribution in [0.15, 0.2) is 79.1 Å². The van der Waals surface area contributed by atoms with E-state index in [0.29, 0.717) is 6.42 Å². The molecule has 3 aromatic rings. The third-order valence-electron chi connectivity index (χ3n) is 3.99. The molecule has 1 atom stereocenters. The molecule has 0 aliphatic rings. The van der Waals surface area contributed by atoms with Crippen LogP contribution >= 0.6 is 0 Å². The number of phenols is 1. The van der Waals surface area contributed by atoms with Gasteiger partial charge in [-0.1, -0.05) is 55.5 Å². The number of aryl methyl sites for hydroxylation is 1. The molecule has 0 bridgehead atoms. The monoisotopic (exact) mass is 349 g/mol. The van der Waals surface area contributed by atoms with E-state index in [1.54, 1.807) is 31.5 Å². The van der Waals surface area contributed by atoms with Crippen molar-refractivity contribution in [2.75, 3.05) is 0 Å². The molecule has 134 valence electrons. The molecule has 26 heavy (non-hydrogen) atoms. The third kappa shape index (κ3) is 6.40. The molecular weight excluding hydrogens is 326 g/mol. The minimum Gasteiger partial charge on any atom is -0.508 e. The zero-order valence-electron chi connectivity index (χ0n) is 14.7. The number of carboxylic acid groups (broad SMARTS) is 1. The second-order valence-corrected chi connectivity index (χ2v) is 6.05. The van der Waals surface area contributed by atoms with Gasteiger partial charge in [0.1, 0.15) is 5.75 Å². The summed E-state index contributed by atoms with van der Waals surface area (Å²) in [5.74, 6) is -0.677. The summed E-state index contributed by atoms with van der Waals surface area (Å²) in [6, 6.07) is 20.9. The van der Waals surface area contributed by atoms with Gasteiger partial charge in [0, 0.05) is 12.4 Å². The zero-order chi connectivity index (χ0) is 18.8. The molecule has 0 amide bonds. The summed E-state index contributed by atoms with van der Waals surface area (Å²) in [4.78, 5) is 14.5. The Morgan fingerprint density at radius 2 is 1.65 bits per heavy atom. The van der Waals surface area contributed by atoms with Crippen LogP contribution < -0.4 is 0 Å². The van der Waals surface area contributed by atoms with E-state index in [0.717, 1.165) is 17.5 Å². The molecule has 0 aliphatic carbocycles. The largest absolute Gasteiger partial charge is 0.508 e. The van der Waals surface area contributed by atoms with Crippen LogP contribution in [0.5, 0.6) is 5.75 Å². The number of nitrogens with zero attached hydrogens (tertiary/aromatic N) is 1. The molecule has 4 nitrogen and oxygen atoms in total. The molecule has 1 unspecified atom stereocenters. The molecule has 0 radical (unpaired) electrons. The zero-order valence-corrected chi connectivity index (χ0v) is 14.7. The molecule has 0 saturated heterocycles. The van der Waals surface area contributed by atoms with E-state index < -0.39 is 5.97 Å². The third-order valence-corrected chi connectivity index (χ3v) is 3.99. The minimum absolute atomic E-state index is 0.250. The van der Waals surface area contributed by atoms with Crippen LogP contribution in [-0.4, -0.2) is 21.2 Å². The van der Waals surface area contributed by atoms with E-state index in [9.17, 15) is 4.79 Å². The van der Waals surface area contributed by atoms with Crippen LogP contribution in [-0.2, 0) is 11.2 Å². The Morgan fingerprint density at radius 3 is 2.23 bits per heavy atom. The molecule has 0 aliphatic heterocycles. The standard InChI is InChI=1S/C11H9NO.C11H14O2/c13-11-5-3-9(4-6-11)10-2-1-7-12-8-10;1-9(11(12)13)7-8-10-5-3-2-4-6-10/h1-8,13H;2-6,9H,7-8H2,1H3,(H,12,13). The molecule has 1 aromatic heterocycles. The number of hydrogen-bond acceptors (Lipinski definition) is 3. The van der Waals surface area contributed by atoms with Gasteiger partial charge in [0.15, 0.2) is 0 Å². The topological polar surface area (TPSA) is 70.4 Å². The predicted octanol–water partition coefficient (Wildman–Crippen LogP) is 4.79. The summed E-state index contributed by atoms with van der Waals surface area (Å²) in [7, 11) is 0. The highest BCUT2D eigenvalue weighted by molar-refractivity contribution is 5.69. The number of aromatic hydroxyl groups is 1. The molecule has 0 spiro atoms. The van der Waals surface area contributed by atoms with Gasteiger partial charge in [-0.2, -0.15) is 0 Å². The van der Waals surface area contributed by atoms with E-state index >= 15 is 0 Å². The van der Waals surface area contributed by atoms with Crippen molar-refractivity contribution in [3.8, 4) is 16.9 Å². The van der Waals surface area contributed by atoms with Gasteiger partial charge in [0.05, 0.1) is 5.92 Å². The van der Waals surface area contributed by atoms with E-state index in [4.69, 9.17) is 10.2 Å². The van der Waals surface area contributed by atoms with E-state index in [1.165, 1.54) is 5.56 Å². The van der Waals surface area contributed by atoms with Crippen LogP contribution in [0.4, 0.5) is 0 Å². The molecule has 3 rings (SSSR count). The van der Waals surface area contributed by atoms with Gasteiger partial charge in [-0.3, -0.25) is 9.78 Å². The van der Waals surface area contributed by atoms with E-state index in [2.05, 4.69) is 4.98 Å². The second-order valence-electron chi connectivity index (χ2n) is 6.05. The van der Waals surface area contributed by atoms with Gasteiger partial charge < -0.3 is 10.2 Å². The maximum Gasteiger partial charge on any atom is 0.306 e. The minimum atomic E-state index is -0.712. The van der Waals surface area contributed by atoms with Crippen molar-refractivity contribution in [3.63, 3.8) is 0 Å². The number of aliphatic carboxylic acids is 1. The summed E-state index contributed by atoms with van der Waals surface area (Å²) < 4.78 is 0. The number of rotatable bonds is 5. The quantitative estimate of drug-likeness (QED) is 0.694. The highest BCUT2D eigenvalue weighted by Gasteiger charge is 2.09. The lowest BCUT2D eigenvalue weighted by molar-refractivity contribution is -0.141. The summed E-state index contributed by atoms with van der Waals surface area (Å²) in [6.07, 6.45) is 5.09. The van der Waals surface area contributed by atoms with Crippen LogP contribution in [0.3, 0.4) is 0 Å². The van der Waals surface area contributed by atoms with Gasteiger partial charge in [0.2, 0.25) is 0 Å². The summed E-state index contributed by atoms with van der Waals surface area (Å²) in [5.41, 5.74) is 3.32. The number of hydrogen-bond donors (Lipinski definition) is 2. The molecule has 1 heterocycles. The highest BCUT2D eigenvalue weighted by Crippen LogP contribution is 2.20. The van der Waals surface area contributed by atoms with Crippen molar-refractivity contribution in [1.82, 2.24) is 4.98 Å². The first-order valence-electron chi connectivity index (χ1n) is 8.52. The SMILES string of the molecule is CC(CCc1ccccc1)C(=O)O.Oc1ccc(-c2cccnc2)cc1. The first-order chi connectivity index (χ1) is 12.6. The molecular formula is C22H23NO3. The maximum absolute atomic E-state index is 10.5.